The lowest BCUT2D eigenvalue weighted by atomic mass is 10.2. The second-order valence-corrected chi connectivity index (χ2v) is 6.07. The molecule has 0 radical (unpaired) electrons. The third-order valence-electron chi connectivity index (χ3n) is 3.23. The molecule has 0 bridgehead atoms. The van der Waals surface area contributed by atoms with Gasteiger partial charge in [0.15, 0.2) is 11.5 Å². The summed E-state index contributed by atoms with van der Waals surface area (Å²) < 4.78 is 11.3. The molecular formula is C16H18N2O2S. The van der Waals surface area contributed by atoms with E-state index in [0.717, 1.165) is 33.4 Å². The first-order valence-corrected chi connectivity index (χ1v) is 7.83. The Kier molecular flexibility index (Phi) is 4.31. The van der Waals surface area contributed by atoms with Crippen LogP contribution in [0.2, 0.25) is 0 Å². The van der Waals surface area contributed by atoms with Crippen LogP contribution in [0.25, 0.3) is 0 Å². The van der Waals surface area contributed by atoms with E-state index >= 15 is 0 Å². The number of aromatic nitrogens is 1. The smallest absolute Gasteiger partial charge is 0.162 e. The fraction of sp³-hybridized carbons (Fsp3) is 0.312. The van der Waals surface area contributed by atoms with Crippen LogP contribution in [0.15, 0.2) is 46.5 Å². The lowest BCUT2D eigenvalue weighted by molar-refractivity contribution is 0.297. The average molecular weight is 302 g/mol. The third-order valence-corrected chi connectivity index (χ3v) is 4.17. The number of ether oxygens (including phenoxy) is 2. The van der Waals surface area contributed by atoms with Gasteiger partial charge in [-0.2, -0.15) is 0 Å². The van der Waals surface area contributed by atoms with Crippen LogP contribution in [-0.4, -0.2) is 18.2 Å². The third kappa shape index (κ3) is 3.49. The number of hydrogen-bond donors (Lipinski definition) is 1. The minimum absolute atomic E-state index is 0.00888. The number of hydrogen-bond acceptors (Lipinski definition) is 5. The summed E-state index contributed by atoms with van der Waals surface area (Å²) in [6.07, 6.45) is 2.74. The summed E-state index contributed by atoms with van der Waals surface area (Å²) in [7, 11) is 0. The number of rotatable bonds is 3. The van der Waals surface area contributed by atoms with Crippen molar-refractivity contribution in [2.45, 2.75) is 29.3 Å². The quantitative estimate of drug-likeness (QED) is 0.941. The zero-order chi connectivity index (χ0) is 14.7. The molecule has 0 fully saturated rings. The number of pyridine rings is 1. The molecule has 21 heavy (non-hydrogen) atoms. The number of fused-ring (bicyclic) bond motifs is 1. The van der Waals surface area contributed by atoms with E-state index in [0.29, 0.717) is 13.2 Å². The van der Waals surface area contributed by atoms with E-state index in [2.05, 4.69) is 4.98 Å². The van der Waals surface area contributed by atoms with Gasteiger partial charge in [-0.3, -0.25) is 0 Å². The molecule has 5 heteroatoms. The molecule has 0 amide bonds. The molecule has 1 aliphatic rings. The number of nitrogens with zero attached hydrogens (tertiary/aromatic N) is 1. The van der Waals surface area contributed by atoms with Gasteiger partial charge in [0.1, 0.15) is 5.03 Å². The summed E-state index contributed by atoms with van der Waals surface area (Å²) in [5.41, 5.74) is 6.87. The Morgan fingerprint density at radius 3 is 2.67 bits per heavy atom. The van der Waals surface area contributed by atoms with E-state index in [1.54, 1.807) is 11.8 Å². The Morgan fingerprint density at radius 2 is 1.95 bits per heavy atom. The van der Waals surface area contributed by atoms with Crippen LogP contribution in [0.1, 0.15) is 24.9 Å². The van der Waals surface area contributed by atoms with Crippen molar-refractivity contribution in [2.75, 3.05) is 13.2 Å². The first kappa shape index (κ1) is 14.2. The first-order valence-electron chi connectivity index (χ1n) is 7.01. The van der Waals surface area contributed by atoms with Gasteiger partial charge < -0.3 is 15.2 Å². The van der Waals surface area contributed by atoms with Gasteiger partial charge in [0.05, 0.1) is 13.2 Å². The van der Waals surface area contributed by atoms with E-state index in [9.17, 15) is 0 Å². The van der Waals surface area contributed by atoms with Crippen LogP contribution >= 0.6 is 11.8 Å². The van der Waals surface area contributed by atoms with Crippen molar-refractivity contribution in [3.8, 4) is 11.5 Å². The first-order chi connectivity index (χ1) is 10.2. The molecule has 2 N–H and O–H groups in total. The Morgan fingerprint density at radius 1 is 1.14 bits per heavy atom. The summed E-state index contributed by atoms with van der Waals surface area (Å²) in [6, 6.07) is 10.0. The van der Waals surface area contributed by atoms with Crippen molar-refractivity contribution in [1.29, 1.82) is 0 Å². The monoisotopic (exact) mass is 302 g/mol. The SMILES string of the molecule is C[C@@H](N)c1ccc(Sc2ccc3c(c2)OCCCO3)nc1. The predicted octanol–water partition coefficient (Wildman–Crippen LogP) is 3.41. The molecule has 3 rings (SSSR count). The van der Waals surface area contributed by atoms with Crippen molar-refractivity contribution >= 4 is 11.8 Å². The van der Waals surface area contributed by atoms with Crippen molar-refractivity contribution in [2.24, 2.45) is 5.73 Å². The van der Waals surface area contributed by atoms with E-state index in [1.807, 2.05) is 43.5 Å². The van der Waals surface area contributed by atoms with Crippen molar-refractivity contribution in [3.05, 3.63) is 42.1 Å². The molecule has 0 saturated carbocycles. The van der Waals surface area contributed by atoms with Crippen LogP contribution in [0.5, 0.6) is 11.5 Å². The molecule has 0 aliphatic carbocycles. The highest BCUT2D eigenvalue weighted by Gasteiger charge is 2.11. The second kappa shape index (κ2) is 6.37. The lowest BCUT2D eigenvalue weighted by Crippen LogP contribution is -2.04. The highest BCUT2D eigenvalue weighted by molar-refractivity contribution is 7.99. The standard InChI is InChI=1S/C16H18N2O2S/c1-11(17)12-3-6-16(18-10-12)21-13-4-5-14-15(9-13)20-8-2-7-19-14/h3-6,9-11H,2,7-8,17H2,1H3/t11-/m1/s1. The largest absolute Gasteiger partial charge is 0.490 e. The zero-order valence-corrected chi connectivity index (χ0v) is 12.7. The molecular weight excluding hydrogens is 284 g/mol. The van der Waals surface area contributed by atoms with E-state index in [4.69, 9.17) is 15.2 Å². The molecule has 110 valence electrons. The van der Waals surface area contributed by atoms with Crippen LogP contribution < -0.4 is 15.2 Å². The second-order valence-electron chi connectivity index (χ2n) is 4.98. The summed E-state index contributed by atoms with van der Waals surface area (Å²) in [6.45, 7) is 3.36. The zero-order valence-electron chi connectivity index (χ0n) is 11.9. The minimum atomic E-state index is 0.00888. The molecule has 0 saturated heterocycles. The minimum Gasteiger partial charge on any atom is -0.490 e. The molecule has 0 spiro atoms. The maximum atomic E-state index is 5.83. The lowest BCUT2D eigenvalue weighted by Gasteiger charge is -2.09. The van der Waals surface area contributed by atoms with E-state index in [1.165, 1.54) is 0 Å². The fourth-order valence-corrected chi connectivity index (χ4v) is 2.83. The van der Waals surface area contributed by atoms with Crippen molar-refractivity contribution < 1.29 is 9.47 Å². The van der Waals surface area contributed by atoms with Gasteiger partial charge in [-0.05, 0) is 36.8 Å². The predicted molar refractivity (Wildman–Crippen MR) is 83.0 cm³/mol. The Bertz CT molecular complexity index is 614. The van der Waals surface area contributed by atoms with Crippen molar-refractivity contribution in [3.63, 3.8) is 0 Å². The van der Waals surface area contributed by atoms with E-state index in [-0.39, 0.29) is 6.04 Å². The van der Waals surface area contributed by atoms with Gasteiger partial charge >= 0.3 is 0 Å². The van der Waals surface area contributed by atoms with Gasteiger partial charge in [0.2, 0.25) is 0 Å². The molecule has 1 aromatic heterocycles. The fourth-order valence-electron chi connectivity index (χ4n) is 2.05. The number of benzene rings is 1. The maximum Gasteiger partial charge on any atom is 0.162 e. The normalized spacial score (nSPS) is 15.3. The molecule has 1 atom stereocenters. The molecule has 4 nitrogen and oxygen atoms in total. The summed E-state index contributed by atoms with van der Waals surface area (Å²) in [4.78, 5) is 5.52. The summed E-state index contributed by atoms with van der Waals surface area (Å²) in [5.74, 6) is 1.63. The molecule has 2 heterocycles. The van der Waals surface area contributed by atoms with Gasteiger partial charge in [-0.25, -0.2) is 4.98 Å². The Labute approximate surface area is 128 Å². The van der Waals surface area contributed by atoms with Gasteiger partial charge in [0.25, 0.3) is 0 Å². The van der Waals surface area contributed by atoms with Crippen molar-refractivity contribution in [1.82, 2.24) is 4.98 Å². The molecule has 1 aliphatic heterocycles. The van der Waals surface area contributed by atoms with E-state index < -0.39 is 0 Å². The highest BCUT2D eigenvalue weighted by atomic mass is 32.2. The summed E-state index contributed by atoms with van der Waals surface area (Å²) >= 11 is 1.60. The average Bonchev–Trinajstić information content (AvgIpc) is 2.72. The van der Waals surface area contributed by atoms with Crippen LogP contribution in [-0.2, 0) is 0 Å². The van der Waals surface area contributed by atoms with Gasteiger partial charge in [-0.15, -0.1) is 0 Å². The van der Waals surface area contributed by atoms with Crippen LogP contribution in [0.3, 0.4) is 0 Å². The molecule has 2 aromatic rings. The number of nitrogens with two attached hydrogens (primary N) is 1. The van der Waals surface area contributed by atoms with Crippen LogP contribution in [0.4, 0.5) is 0 Å². The summed E-state index contributed by atoms with van der Waals surface area (Å²) in [5, 5.41) is 0.939. The topological polar surface area (TPSA) is 57.4 Å². The Hall–Kier alpha value is -1.72. The van der Waals surface area contributed by atoms with Gasteiger partial charge in [0, 0.05) is 23.6 Å². The molecule has 1 aromatic carbocycles. The van der Waals surface area contributed by atoms with Crippen LogP contribution in [0, 0.1) is 0 Å². The Balaban J connectivity index is 1.77. The molecule has 0 unspecified atom stereocenters. The maximum absolute atomic E-state index is 5.83. The van der Waals surface area contributed by atoms with Gasteiger partial charge in [-0.1, -0.05) is 17.8 Å². The highest BCUT2D eigenvalue weighted by Crippen LogP contribution is 2.36.